The number of rotatable bonds is 10. The maximum atomic E-state index is 13.5. The summed E-state index contributed by atoms with van der Waals surface area (Å²) in [4.78, 5) is 66.1. The Morgan fingerprint density at radius 3 is 2.27 bits per heavy atom. The number of nitrogens with zero attached hydrogens (tertiary/aromatic N) is 1. The van der Waals surface area contributed by atoms with Crippen LogP contribution in [0.4, 0.5) is 4.79 Å². The minimum atomic E-state index is -0.861. The largest absolute Gasteiger partial charge is 0.444 e. The second kappa shape index (κ2) is 14.7. The number of ether oxygens (including phenoxy) is 1. The van der Waals surface area contributed by atoms with Gasteiger partial charge in [-0.05, 0) is 57.9 Å². The molecule has 2 aliphatic heterocycles. The van der Waals surface area contributed by atoms with E-state index in [-0.39, 0.29) is 41.1 Å². The van der Waals surface area contributed by atoms with Crippen LogP contribution in [0.3, 0.4) is 0 Å². The lowest BCUT2D eigenvalue weighted by Gasteiger charge is -2.34. The molecular weight excluding hydrogens is 544 g/mol. The summed E-state index contributed by atoms with van der Waals surface area (Å²) in [6.45, 7) is 10.4. The Morgan fingerprint density at radius 1 is 1.05 bits per heavy atom. The summed E-state index contributed by atoms with van der Waals surface area (Å²) in [7, 11) is 0. The van der Waals surface area contributed by atoms with Crippen molar-refractivity contribution >= 4 is 40.7 Å². The maximum absolute atomic E-state index is 13.5. The molecule has 0 unspecified atom stereocenters. The molecule has 3 rings (SSSR count). The van der Waals surface area contributed by atoms with Crippen LogP contribution in [0.2, 0.25) is 0 Å². The Balaban J connectivity index is 1.61. The number of hydrogen-bond acceptors (Lipinski definition) is 7. The number of nitrogens with one attached hydrogen (secondary N) is 3. The number of amides is 4. The molecule has 41 heavy (non-hydrogen) atoms. The summed E-state index contributed by atoms with van der Waals surface area (Å²) in [5.41, 5.74) is 0.392. The number of carbonyl (C=O) groups excluding carboxylic acids is 5. The summed E-state index contributed by atoms with van der Waals surface area (Å²) in [6.07, 6.45) is 1.35. The highest BCUT2D eigenvalue weighted by molar-refractivity contribution is 8.13. The molecule has 2 aliphatic rings. The number of benzene rings is 1. The fourth-order valence-corrected chi connectivity index (χ4v) is 5.77. The molecule has 0 aliphatic carbocycles. The molecule has 2 saturated heterocycles. The lowest BCUT2D eigenvalue weighted by atomic mass is 9.94. The second-order valence-corrected chi connectivity index (χ2v) is 13.1. The normalized spacial score (nSPS) is 19.3. The van der Waals surface area contributed by atoms with Gasteiger partial charge in [0.25, 0.3) is 0 Å². The third kappa shape index (κ3) is 10.1. The second-order valence-electron chi connectivity index (χ2n) is 12.1. The van der Waals surface area contributed by atoms with E-state index in [9.17, 15) is 24.0 Å². The van der Waals surface area contributed by atoms with E-state index in [0.29, 0.717) is 44.6 Å². The predicted octanol–water partition coefficient (Wildman–Crippen LogP) is 3.25. The minimum absolute atomic E-state index is 0.114. The van der Waals surface area contributed by atoms with Crippen LogP contribution < -0.4 is 16.0 Å². The summed E-state index contributed by atoms with van der Waals surface area (Å²) < 4.78 is 5.43. The summed E-state index contributed by atoms with van der Waals surface area (Å²) in [6, 6.07) is 7.86. The van der Waals surface area contributed by atoms with E-state index in [1.54, 1.807) is 4.90 Å². The Hall–Kier alpha value is -3.08. The highest BCUT2D eigenvalue weighted by atomic mass is 32.2. The van der Waals surface area contributed by atoms with Crippen molar-refractivity contribution in [1.29, 1.82) is 0 Å². The smallest absolute Gasteiger partial charge is 0.410 e. The topological polar surface area (TPSA) is 134 Å². The molecule has 1 aromatic carbocycles. The average molecular weight is 589 g/mol. The van der Waals surface area contributed by atoms with E-state index in [2.05, 4.69) is 16.0 Å². The van der Waals surface area contributed by atoms with Crippen LogP contribution in [-0.2, 0) is 29.7 Å². The average Bonchev–Trinajstić information content (AvgIpc) is 3.33. The van der Waals surface area contributed by atoms with Crippen molar-refractivity contribution in [2.45, 2.75) is 83.7 Å². The monoisotopic (exact) mass is 588 g/mol. The molecular formula is C30H44N4O6S. The highest BCUT2D eigenvalue weighted by Crippen LogP contribution is 2.23. The van der Waals surface area contributed by atoms with E-state index < -0.39 is 29.7 Å². The van der Waals surface area contributed by atoms with Crippen molar-refractivity contribution in [2.75, 3.05) is 19.6 Å². The summed E-state index contributed by atoms with van der Waals surface area (Å²) >= 11 is 1.11. The van der Waals surface area contributed by atoms with E-state index in [1.165, 1.54) is 0 Å². The van der Waals surface area contributed by atoms with Gasteiger partial charge >= 0.3 is 6.09 Å². The van der Waals surface area contributed by atoms with E-state index in [0.717, 1.165) is 17.3 Å². The van der Waals surface area contributed by atoms with Crippen LogP contribution in [0.25, 0.3) is 0 Å². The van der Waals surface area contributed by atoms with Gasteiger partial charge in [-0.15, -0.1) is 0 Å². The minimum Gasteiger partial charge on any atom is -0.444 e. The lowest BCUT2D eigenvalue weighted by molar-refractivity contribution is -0.134. The molecule has 2 heterocycles. The third-order valence-electron chi connectivity index (χ3n) is 7.27. The van der Waals surface area contributed by atoms with Crippen molar-refractivity contribution in [1.82, 2.24) is 20.9 Å². The summed E-state index contributed by atoms with van der Waals surface area (Å²) in [5.74, 6) is -1.29. The van der Waals surface area contributed by atoms with Gasteiger partial charge in [-0.2, -0.15) is 0 Å². The van der Waals surface area contributed by atoms with Gasteiger partial charge < -0.3 is 25.6 Å². The Bertz CT molecular complexity index is 1080. The highest BCUT2D eigenvalue weighted by Gasteiger charge is 2.36. The molecule has 3 atom stereocenters. The molecule has 226 valence electrons. The van der Waals surface area contributed by atoms with Crippen molar-refractivity contribution in [3.63, 3.8) is 0 Å². The number of carbonyl (C=O) groups is 5. The van der Waals surface area contributed by atoms with Gasteiger partial charge in [0.15, 0.2) is 0 Å². The van der Waals surface area contributed by atoms with Crippen LogP contribution in [-0.4, -0.2) is 71.1 Å². The first kappa shape index (κ1) is 32.4. The molecule has 0 saturated carbocycles. The van der Waals surface area contributed by atoms with Crippen molar-refractivity contribution < 1.29 is 28.7 Å². The first-order valence-electron chi connectivity index (χ1n) is 14.4. The Morgan fingerprint density at radius 2 is 1.71 bits per heavy atom. The fourth-order valence-electron chi connectivity index (χ4n) is 4.92. The Labute approximate surface area is 247 Å². The number of hydrogen-bond donors (Lipinski definition) is 3. The zero-order valence-electron chi connectivity index (χ0n) is 24.7. The van der Waals surface area contributed by atoms with Gasteiger partial charge in [-0.3, -0.25) is 19.2 Å². The predicted molar refractivity (Wildman–Crippen MR) is 158 cm³/mol. The zero-order valence-corrected chi connectivity index (χ0v) is 25.6. The van der Waals surface area contributed by atoms with E-state index >= 15 is 0 Å². The van der Waals surface area contributed by atoms with E-state index in [1.807, 2.05) is 65.0 Å². The molecule has 0 radical (unpaired) electrons. The van der Waals surface area contributed by atoms with Crippen LogP contribution in [0.5, 0.6) is 0 Å². The van der Waals surface area contributed by atoms with Crippen LogP contribution in [0.1, 0.15) is 65.9 Å². The number of likely N-dealkylation sites (tertiary alicyclic amines) is 1. The Kier molecular flexibility index (Phi) is 11.6. The molecule has 10 nitrogen and oxygen atoms in total. The summed E-state index contributed by atoms with van der Waals surface area (Å²) in [5, 5.41) is 8.32. The van der Waals surface area contributed by atoms with Crippen LogP contribution >= 0.6 is 11.8 Å². The van der Waals surface area contributed by atoms with Gasteiger partial charge in [0, 0.05) is 37.2 Å². The molecule has 0 aromatic heterocycles. The molecule has 4 amide bonds. The van der Waals surface area contributed by atoms with Crippen molar-refractivity contribution in [3.8, 4) is 0 Å². The quantitative estimate of drug-likeness (QED) is 0.382. The van der Waals surface area contributed by atoms with Crippen molar-refractivity contribution in [2.24, 2.45) is 17.8 Å². The van der Waals surface area contributed by atoms with Crippen LogP contribution in [0, 0.1) is 17.8 Å². The van der Waals surface area contributed by atoms with Crippen molar-refractivity contribution in [3.05, 3.63) is 35.9 Å². The first-order chi connectivity index (χ1) is 19.3. The molecule has 11 heteroatoms. The van der Waals surface area contributed by atoms with Gasteiger partial charge in [0.05, 0.1) is 6.04 Å². The number of piperidine rings is 1. The molecule has 0 spiro atoms. The van der Waals surface area contributed by atoms with Gasteiger partial charge in [0.2, 0.25) is 22.8 Å². The standard InChI is InChI=1S/C30H44N4O6S/c1-19(2)24(33-26(36)21-12-15-34(16-13-21)29(39)40-30(3,4)5)27(37)32-23(17-22-11-14-31-25(22)35)28(38)41-18-20-9-7-6-8-10-20/h6-10,19,21-24H,11-18H2,1-5H3,(H,31,35)(H,32,37)(H,33,36)/t22-,23-,24-/m0/s1. The van der Waals surface area contributed by atoms with Gasteiger partial charge in [0.1, 0.15) is 11.6 Å². The molecule has 3 N–H and O–H groups in total. The fraction of sp³-hybridized carbons (Fsp3) is 0.633. The first-order valence-corrected chi connectivity index (χ1v) is 15.4. The molecule has 1 aromatic rings. The molecule has 0 bridgehead atoms. The maximum Gasteiger partial charge on any atom is 0.410 e. The SMILES string of the molecule is CC(C)[C@H](NC(=O)C1CCN(C(=O)OC(C)(C)C)CC1)C(=O)N[C@@H](C[C@@H]1CCNC1=O)C(=O)SCc1ccccc1. The van der Waals surface area contributed by atoms with Gasteiger partial charge in [-0.25, -0.2) is 4.79 Å². The third-order valence-corrected chi connectivity index (χ3v) is 8.32. The van der Waals surface area contributed by atoms with Gasteiger partial charge in [-0.1, -0.05) is 55.9 Å². The lowest BCUT2D eigenvalue weighted by Crippen LogP contribution is -2.55. The van der Waals surface area contributed by atoms with E-state index in [4.69, 9.17) is 4.74 Å². The number of thioether (sulfide) groups is 1. The molecule has 2 fully saturated rings. The van der Waals surface area contributed by atoms with Crippen LogP contribution in [0.15, 0.2) is 30.3 Å². The zero-order chi connectivity index (χ0) is 30.2.